The van der Waals surface area contributed by atoms with Crippen molar-refractivity contribution >= 4 is 11.7 Å². The fourth-order valence-corrected chi connectivity index (χ4v) is 2.12. The van der Waals surface area contributed by atoms with Gasteiger partial charge in [0, 0.05) is 17.7 Å². The zero-order valence-electron chi connectivity index (χ0n) is 13.3. The van der Waals surface area contributed by atoms with Crippen molar-refractivity contribution in [1.82, 2.24) is 10.2 Å². The normalized spacial score (nSPS) is 10.5. The molecular formula is C17H12FN3O5. The van der Waals surface area contributed by atoms with E-state index in [9.17, 15) is 19.3 Å². The molecule has 0 saturated carbocycles. The molecule has 0 unspecified atom stereocenters. The maximum atomic E-state index is 12.8. The summed E-state index contributed by atoms with van der Waals surface area (Å²) in [5.74, 6) is -0.659. The maximum Gasteiger partial charge on any atom is 0.310 e. The number of carbonyl (C=O) groups is 1. The van der Waals surface area contributed by atoms with Crippen molar-refractivity contribution < 1.29 is 23.3 Å². The molecule has 0 bridgehead atoms. The molecule has 0 radical (unpaired) electrons. The Morgan fingerprint density at radius 1 is 1.12 bits per heavy atom. The highest BCUT2D eigenvalue weighted by Crippen LogP contribution is 2.21. The number of ether oxygens (including phenoxy) is 1. The van der Waals surface area contributed by atoms with Crippen LogP contribution in [0, 0.1) is 15.9 Å². The summed E-state index contributed by atoms with van der Waals surface area (Å²) in [5, 5.41) is 18.2. The van der Waals surface area contributed by atoms with Crippen LogP contribution in [-0.2, 0) is 22.6 Å². The lowest BCUT2D eigenvalue weighted by atomic mass is 10.1. The van der Waals surface area contributed by atoms with Crippen LogP contribution in [0.2, 0.25) is 0 Å². The van der Waals surface area contributed by atoms with Crippen LogP contribution in [0.3, 0.4) is 0 Å². The quantitative estimate of drug-likeness (QED) is 0.379. The molecule has 0 atom stereocenters. The highest BCUT2D eigenvalue weighted by Gasteiger charge is 2.13. The largest absolute Gasteiger partial charge is 0.455 e. The Hall–Kier alpha value is -3.62. The summed E-state index contributed by atoms with van der Waals surface area (Å²) in [7, 11) is 0. The van der Waals surface area contributed by atoms with E-state index >= 15 is 0 Å². The van der Waals surface area contributed by atoms with Gasteiger partial charge in [0.1, 0.15) is 5.82 Å². The van der Waals surface area contributed by atoms with E-state index in [0.29, 0.717) is 11.1 Å². The maximum absolute atomic E-state index is 12.8. The van der Waals surface area contributed by atoms with Crippen LogP contribution >= 0.6 is 0 Å². The van der Waals surface area contributed by atoms with Crippen LogP contribution in [-0.4, -0.2) is 21.1 Å². The zero-order chi connectivity index (χ0) is 18.5. The second-order valence-electron chi connectivity index (χ2n) is 5.27. The monoisotopic (exact) mass is 357 g/mol. The van der Waals surface area contributed by atoms with Gasteiger partial charge in [-0.1, -0.05) is 12.1 Å². The van der Waals surface area contributed by atoms with E-state index in [2.05, 4.69) is 10.2 Å². The van der Waals surface area contributed by atoms with Crippen LogP contribution in [0.25, 0.3) is 11.5 Å². The van der Waals surface area contributed by atoms with Crippen LogP contribution in [0.5, 0.6) is 0 Å². The van der Waals surface area contributed by atoms with Crippen molar-refractivity contribution in [3.63, 3.8) is 0 Å². The van der Waals surface area contributed by atoms with Crippen molar-refractivity contribution in [3.8, 4) is 11.5 Å². The van der Waals surface area contributed by atoms with Gasteiger partial charge in [-0.05, 0) is 29.8 Å². The SMILES string of the molecule is O=C(Cc1ccc(F)cc1)OCc1nnc(-c2ccc([N+](=O)[O-])cc2)o1. The van der Waals surface area contributed by atoms with Gasteiger partial charge in [-0.25, -0.2) is 4.39 Å². The molecule has 9 heteroatoms. The molecule has 0 amide bonds. The fraction of sp³-hybridized carbons (Fsp3) is 0.118. The van der Waals surface area contributed by atoms with Crippen LogP contribution in [0.15, 0.2) is 52.9 Å². The second-order valence-corrected chi connectivity index (χ2v) is 5.27. The van der Waals surface area contributed by atoms with Gasteiger partial charge in [0.05, 0.1) is 11.3 Å². The fourth-order valence-electron chi connectivity index (χ4n) is 2.12. The highest BCUT2D eigenvalue weighted by molar-refractivity contribution is 5.72. The molecular weight excluding hydrogens is 345 g/mol. The van der Waals surface area contributed by atoms with Crippen LogP contribution < -0.4 is 0 Å². The van der Waals surface area contributed by atoms with E-state index in [-0.39, 0.29) is 36.3 Å². The highest BCUT2D eigenvalue weighted by atomic mass is 19.1. The van der Waals surface area contributed by atoms with Crippen LogP contribution in [0.1, 0.15) is 11.5 Å². The topological polar surface area (TPSA) is 108 Å². The number of nitrogens with zero attached hydrogens (tertiary/aromatic N) is 3. The number of esters is 1. The Morgan fingerprint density at radius 2 is 1.81 bits per heavy atom. The first-order chi connectivity index (χ1) is 12.5. The van der Waals surface area contributed by atoms with E-state index < -0.39 is 10.9 Å². The third kappa shape index (κ3) is 4.26. The Morgan fingerprint density at radius 3 is 2.46 bits per heavy atom. The summed E-state index contributed by atoms with van der Waals surface area (Å²) in [6.07, 6.45) is -0.0103. The number of rotatable bonds is 6. The van der Waals surface area contributed by atoms with Crippen molar-refractivity contribution in [2.24, 2.45) is 0 Å². The molecule has 3 aromatic rings. The molecule has 1 aromatic heterocycles. The molecule has 132 valence electrons. The number of hydrogen-bond acceptors (Lipinski definition) is 7. The summed E-state index contributed by atoms with van der Waals surface area (Å²) < 4.78 is 23.2. The van der Waals surface area contributed by atoms with E-state index in [4.69, 9.17) is 9.15 Å². The van der Waals surface area contributed by atoms with Gasteiger partial charge < -0.3 is 9.15 Å². The molecule has 2 aromatic carbocycles. The van der Waals surface area contributed by atoms with Gasteiger partial charge in [0.25, 0.3) is 11.6 Å². The van der Waals surface area contributed by atoms with Gasteiger partial charge in [-0.15, -0.1) is 10.2 Å². The molecule has 0 N–H and O–H groups in total. The third-order valence-electron chi connectivity index (χ3n) is 3.41. The lowest BCUT2D eigenvalue weighted by Gasteiger charge is -2.02. The van der Waals surface area contributed by atoms with Gasteiger partial charge in [-0.3, -0.25) is 14.9 Å². The molecule has 0 spiro atoms. The predicted molar refractivity (Wildman–Crippen MR) is 86.3 cm³/mol. The smallest absolute Gasteiger partial charge is 0.310 e. The Kier molecular flexibility index (Phi) is 4.97. The van der Waals surface area contributed by atoms with Crippen molar-refractivity contribution in [1.29, 1.82) is 0 Å². The Labute approximate surface area is 146 Å². The molecule has 0 aliphatic carbocycles. The number of carbonyl (C=O) groups excluding carboxylic acids is 1. The molecule has 3 rings (SSSR count). The Balaban J connectivity index is 1.57. The number of nitro groups is 1. The minimum atomic E-state index is -0.522. The van der Waals surface area contributed by atoms with Crippen molar-refractivity contribution in [2.75, 3.05) is 0 Å². The summed E-state index contributed by atoms with van der Waals surface area (Å²) in [4.78, 5) is 21.9. The summed E-state index contributed by atoms with van der Waals surface area (Å²) in [6, 6.07) is 11.1. The van der Waals surface area contributed by atoms with E-state index in [1.165, 1.54) is 48.5 Å². The first-order valence-corrected chi connectivity index (χ1v) is 7.48. The molecule has 0 aliphatic heterocycles. The molecule has 26 heavy (non-hydrogen) atoms. The van der Waals surface area contributed by atoms with Gasteiger partial charge >= 0.3 is 5.97 Å². The van der Waals surface area contributed by atoms with E-state index in [1.54, 1.807) is 0 Å². The minimum absolute atomic E-state index is 0.0103. The first kappa shape index (κ1) is 17.2. The standard InChI is InChI=1S/C17H12FN3O5/c18-13-5-1-11(2-6-13)9-16(22)25-10-15-19-20-17(26-15)12-3-7-14(8-4-12)21(23)24/h1-8H,9-10H2. The zero-order valence-corrected chi connectivity index (χ0v) is 13.3. The summed E-state index contributed by atoms with van der Waals surface area (Å²) in [6.45, 7) is -0.208. The van der Waals surface area contributed by atoms with Gasteiger partial charge in [0.15, 0.2) is 6.61 Å². The minimum Gasteiger partial charge on any atom is -0.455 e. The summed E-state index contributed by atoms with van der Waals surface area (Å²) in [5.41, 5.74) is 1.07. The number of nitro benzene ring substituents is 1. The number of hydrogen-bond donors (Lipinski definition) is 0. The number of non-ortho nitro benzene ring substituents is 1. The van der Waals surface area contributed by atoms with Gasteiger partial charge in [0.2, 0.25) is 5.89 Å². The lowest BCUT2D eigenvalue weighted by molar-refractivity contribution is -0.384. The predicted octanol–water partition coefficient (Wildman–Crippen LogP) is 3.07. The Bertz CT molecular complexity index is 922. The number of benzene rings is 2. The first-order valence-electron chi connectivity index (χ1n) is 7.48. The molecule has 0 fully saturated rings. The third-order valence-corrected chi connectivity index (χ3v) is 3.41. The van der Waals surface area contributed by atoms with Gasteiger partial charge in [-0.2, -0.15) is 0 Å². The van der Waals surface area contributed by atoms with E-state index in [0.717, 1.165) is 0 Å². The lowest BCUT2D eigenvalue weighted by Crippen LogP contribution is -2.08. The molecule has 0 saturated heterocycles. The van der Waals surface area contributed by atoms with Crippen molar-refractivity contribution in [2.45, 2.75) is 13.0 Å². The van der Waals surface area contributed by atoms with Crippen molar-refractivity contribution in [3.05, 3.63) is 75.9 Å². The molecule has 8 nitrogen and oxygen atoms in total. The second kappa shape index (κ2) is 7.51. The number of halogens is 1. The molecule has 1 heterocycles. The summed E-state index contributed by atoms with van der Waals surface area (Å²) >= 11 is 0. The average Bonchev–Trinajstić information content (AvgIpc) is 3.11. The molecule has 0 aliphatic rings. The van der Waals surface area contributed by atoms with Crippen LogP contribution in [0.4, 0.5) is 10.1 Å². The average molecular weight is 357 g/mol. The number of aromatic nitrogens is 2. The van der Waals surface area contributed by atoms with E-state index in [1.807, 2.05) is 0 Å².